The van der Waals surface area contributed by atoms with Gasteiger partial charge >= 0.3 is 11.9 Å². The Kier molecular flexibility index (Phi) is 4.78. The van der Waals surface area contributed by atoms with Gasteiger partial charge in [-0.15, -0.1) is 0 Å². The highest BCUT2D eigenvalue weighted by atomic mass is 16.5. The fraction of sp³-hybridized carbons (Fsp3) is 0.192. The maximum absolute atomic E-state index is 12.2. The van der Waals surface area contributed by atoms with Crippen molar-refractivity contribution in [1.29, 1.82) is 0 Å². The Balaban J connectivity index is 1.73. The van der Waals surface area contributed by atoms with Gasteiger partial charge in [-0.2, -0.15) is 0 Å². The minimum atomic E-state index is -0.397. The molecule has 0 fully saturated rings. The SMILES string of the molecule is COC(=O)c1ccc2c(c1)C1c3cc(COC=O)ccc3C2c2ccc(C(=O)OC)cc21. The Hall–Kier alpha value is -3.93. The number of hydrogen-bond donors (Lipinski definition) is 0. The molecule has 6 rings (SSSR count). The lowest BCUT2D eigenvalue weighted by molar-refractivity contribution is -0.129. The lowest BCUT2D eigenvalue weighted by atomic mass is 9.60. The van der Waals surface area contributed by atoms with Crippen LogP contribution in [-0.2, 0) is 25.6 Å². The van der Waals surface area contributed by atoms with Gasteiger partial charge < -0.3 is 14.2 Å². The maximum atomic E-state index is 12.2. The monoisotopic (exact) mass is 428 g/mol. The molecule has 0 radical (unpaired) electrons. The smallest absolute Gasteiger partial charge is 0.337 e. The zero-order valence-electron chi connectivity index (χ0n) is 17.6. The molecule has 32 heavy (non-hydrogen) atoms. The van der Waals surface area contributed by atoms with Crippen molar-refractivity contribution in [3.8, 4) is 0 Å². The highest BCUT2D eigenvalue weighted by Gasteiger charge is 2.42. The molecule has 3 aromatic carbocycles. The highest BCUT2D eigenvalue weighted by molar-refractivity contribution is 5.91. The molecule has 0 atom stereocenters. The molecular formula is C26H20O6. The number of benzene rings is 3. The second kappa shape index (κ2) is 7.64. The first kappa shape index (κ1) is 20.0. The van der Waals surface area contributed by atoms with Crippen molar-refractivity contribution in [3.05, 3.63) is 105 Å². The van der Waals surface area contributed by atoms with Gasteiger partial charge in [0.1, 0.15) is 6.61 Å². The number of carbonyl (C=O) groups is 3. The fourth-order valence-electron chi connectivity index (χ4n) is 5.03. The first-order valence-corrected chi connectivity index (χ1v) is 10.2. The molecule has 6 heteroatoms. The largest absolute Gasteiger partial charge is 0.465 e. The van der Waals surface area contributed by atoms with Gasteiger partial charge in [-0.25, -0.2) is 9.59 Å². The molecule has 0 N–H and O–H groups in total. The zero-order chi connectivity index (χ0) is 22.4. The van der Waals surface area contributed by atoms with Crippen LogP contribution in [0.3, 0.4) is 0 Å². The summed E-state index contributed by atoms with van der Waals surface area (Å²) in [5.74, 6) is -0.998. The van der Waals surface area contributed by atoms with E-state index in [4.69, 9.17) is 14.2 Å². The summed E-state index contributed by atoms with van der Waals surface area (Å²) in [7, 11) is 2.72. The number of methoxy groups -OCH3 is 2. The highest BCUT2D eigenvalue weighted by Crippen LogP contribution is 2.56. The predicted molar refractivity (Wildman–Crippen MR) is 115 cm³/mol. The van der Waals surface area contributed by atoms with Gasteiger partial charge in [0.25, 0.3) is 6.47 Å². The van der Waals surface area contributed by atoms with Crippen LogP contribution in [0, 0.1) is 0 Å². The zero-order valence-corrected chi connectivity index (χ0v) is 17.6. The standard InChI is InChI=1S/C26H20O6/c1-30-25(28)15-4-7-18-21(10-15)24-20-9-14(12-32-13-27)3-6-17(20)23(18)19-8-5-16(11-22(19)24)26(29)31-2/h3-11,13,23-24H,12H2,1-2H3. The fourth-order valence-corrected chi connectivity index (χ4v) is 5.03. The summed E-state index contributed by atoms with van der Waals surface area (Å²) >= 11 is 0. The third-order valence-corrected chi connectivity index (χ3v) is 6.35. The van der Waals surface area contributed by atoms with Crippen LogP contribution in [0.2, 0.25) is 0 Å². The summed E-state index contributed by atoms with van der Waals surface area (Å²) < 4.78 is 14.8. The van der Waals surface area contributed by atoms with Crippen molar-refractivity contribution in [2.75, 3.05) is 14.2 Å². The summed E-state index contributed by atoms with van der Waals surface area (Å²) in [6.45, 7) is 0.611. The van der Waals surface area contributed by atoms with E-state index in [1.54, 1.807) is 12.1 Å². The first-order chi connectivity index (χ1) is 15.6. The summed E-state index contributed by atoms with van der Waals surface area (Å²) in [5.41, 5.74) is 8.35. The number of esters is 2. The van der Waals surface area contributed by atoms with Crippen molar-refractivity contribution in [1.82, 2.24) is 0 Å². The third kappa shape index (κ3) is 2.91. The number of hydrogen-bond acceptors (Lipinski definition) is 6. The van der Waals surface area contributed by atoms with E-state index in [0.29, 0.717) is 17.6 Å². The van der Waals surface area contributed by atoms with Gasteiger partial charge in [0.15, 0.2) is 0 Å². The molecule has 6 nitrogen and oxygen atoms in total. The molecule has 0 aliphatic heterocycles. The van der Waals surface area contributed by atoms with Crippen LogP contribution in [0.15, 0.2) is 54.6 Å². The van der Waals surface area contributed by atoms with Gasteiger partial charge in [0.05, 0.1) is 25.3 Å². The lowest BCUT2D eigenvalue weighted by Gasteiger charge is -2.42. The topological polar surface area (TPSA) is 78.9 Å². The van der Waals surface area contributed by atoms with E-state index < -0.39 is 11.9 Å². The summed E-state index contributed by atoms with van der Waals surface area (Å²) in [4.78, 5) is 35.1. The Morgan fingerprint density at radius 1 is 0.719 bits per heavy atom. The van der Waals surface area contributed by atoms with Crippen LogP contribution in [0.25, 0.3) is 0 Å². The first-order valence-electron chi connectivity index (χ1n) is 10.2. The van der Waals surface area contributed by atoms with Gasteiger partial charge in [-0.1, -0.05) is 30.3 Å². The number of rotatable bonds is 5. The molecular weight excluding hydrogens is 408 g/mol. The van der Waals surface area contributed by atoms with Crippen LogP contribution in [0.5, 0.6) is 0 Å². The van der Waals surface area contributed by atoms with Crippen LogP contribution in [-0.4, -0.2) is 32.6 Å². The minimum absolute atomic E-state index is 0.0283. The van der Waals surface area contributed by atoms with Gasteiger partial charge in [0.2, 0.25) is 0 Å². The van der Waals surface area contributed by atoms with Crippen LogP contribution < -0.4 is 0 Å². The Labute approximate surface area is 184 Å². The summed E-state index contributed by atoms with van der Waals surface area (Å²) in [6, 6.07) is 17.4. The molecule has 0 spiro atoms. The molecule has 0 unspecified atom stereocenters. The lowest BCUT2D eigenvalue weighted by Crippen LogP contribution is -2.28. The van der Waals surface area contributed by atoms with E-state index in [0.717, 1.165) is 33.4 Å². The quantitative estimate of drug-likeness (QED) is 0.240. The van der Waals surface area contributed by atoms with Crippen LogP contribution in [0.4, 0.5) is 0 Å². The average Bonchev–Trinajstić information content (AvgIpc) is 2.85. The Morgan fingerprint density at radius 2 is 1.19 bits per heavy atom. The molecule has 3 aliphatic carbocycles. The normalized spacial score (nSPS) is 16.9. The molecule has 2 bridgehead atoms. The van der Waals surface area contributed by atoms with Crippen molar-refractivity contribution in [2.24, 2.45) is 0 Å². The van der Waals surface area contributed by atoms with Crippen molar-refractivity contribution >= 4 is 18.4 Å². The predicted octanol–water partition coefficient (Wildman–Crippen LogP) is 3.92. The van der Waals surface area contributed by atoms with Gasteiger partial charge in [-0.05, 0) is 63.2 Å². The molecule has 0 heterocycles. The van der Waals surface area contributed by atoms with Crippen molar-refractivity contribution in [2.45, 2.75) is 18.4 Å². The second-order valence-corrected chi connectivity index (χ2v) is 7.91. The van der Waals surface area contributed by atoms with E-state index in [-0.39, 0.29) is 18.4 Å². The molecule has 0 amide bonds. The molecule has 3 aromatic rings. The van der Waals surface area contributed by atoms with E-state index in [1.165, 1.54) is 19.8 Å². The molecule has 3 aliphatic rings. The molecule has 160 valence electrons. The van der Waals surface area contributed by atoms with Crippen molar-refractivity contribution < 1.29 is 28.6 Å². The number of carbonyl (C=O) groups excluding carboxylic acids is 3. The van der Waals surface area contributed by atoms with E-state index in [2.05, 4.69) is 6.07 Å². The van der Waals surface area contributed by atoms with Gasteiger partial charge in [0, 0.05) is 11.8 Å². The summed E-state index contributed by atoms with van der Waals surface area (Å²) in [5, 5.41) is 0. The van der Waals surface area contributed by atoms with Crippen molar-refractivity contribution in [3.63, 3.8) is 0 Å². The van der Waals surface area contributed by atoms with Crippen LogP contribution in [0.1, 0.15) is 71.5 Å². The second-order valence-electron chi connectivity index (χ2n) is 7.91. The molecule has 0 aromatic heterocycles. The van der Waals surface area contributed by atoms with E-state index >= 15 is 0 Å². The molecule has 0 saturated heterocycles. The van der Waals surface area contributed by atoms with Crippen LogP contribution >= 0.6 is 0 Å². The van der Waals surface area contributed by atoms with E-state index in [9.17, 15) is 14.4 Å². The van der Waals surface area contributed by atoms with Gasteiger partial charge in [-0.3, -0.25) is 4.79 Å². The Bertz CT molecular complexity index is 1210. The maximum Gasteiger partial charge on any atom is 0.337 e. The third-order valence-electron chi connectivity index (χ3n) is 6.35. The average molecular weight is 428 g/mol. The summed E-state index contributed by atoms with van der Waals surface area (Å²) in [6.07, 6.45) is 0. The number of ether oxygens (including phenoxy) is 3. The molecule has 0 saturated carbocycles. The Morgan fingerprint density at radius 3 is 1.69 bits per heavy atom. The van der Waals surface area contributed by atoms with E-state index in [1.807, 2.05) is 36.4 Å². The minimum Gasteiger partial charge on any atom is -0.465 e.